The highest BCUT2D eigenvalue weighted by molar-refractivity contribution is 7.49. The van der Waals surface area contributed by atoms with Crippen LogP contribution in [0.4, 0.5) is 17.1 Å². The largest absolute Gasteiger partial charge is 0.647 e. The van der Waals surface area contributed by atoms with Crippen molar-refractivity contribution in [2.24, 2.45) is 0 Å². The van der Waals surface area contributed by atoms with Crippen LogP contribution in [0.2, 0.25) is 0 Å². The molecule has 3 aromatic carbocycles. The van der Waals surface area contributed by atoms with Gasteiger partial charge in [-0.2, -0.15) is 4.57 Å². The number of anilines is 3. The van der Waals surface area contributed by atoms with Gasteiger partial charge in [-0.3, -0.25) is 0 Å². The summed E-state index contributed by atoms with van der Waals surface area (Å²) in [6.07, 6.45) is 2.54. The van der Waals surface area contributed by atoms with Gasteiger partial charge in [0.05, 0.1) is 0 Å². The molecule has 3 N–H and O–H groups in total. The van der Waals surface area contributed by atoms with Gasteiger partial charge in [-0.05, 0) is 92.1 Å². The van der Waals surface area contributed by atoms with Crippen molar-refractivity contribution in [3.63, 3.8) is 0 Å². The monoisotopic (exact) mass is 599 g/mol. The van der Waals surface area contributed by atoms with E-state index in [0.29, 0.717) is 34.9 Å². The van der Waals surface area contributed by atoms with Crippen LogP contribution in [0.3, 0.4) is 0 Å². The lowest BCUT2D eigenvalue weighted by atomic mass is 10.3. The van der Waals surface area contributed by atoms with Gasteiger partial charge < -0.3 is 29.5 Å². The molecule has 0 bridgehead atoms. The fourth-order valence-corrected chi connectivity index (χ4v) is 4.90. The summed E-state index contributed by atoms with van der Waals surface area (Å²) in [5.41, 5.74) is 2.69. The number of alkyl halides is 3. The van der Waals surface area contributed by atoms with Crippen LogP contribution in [-0.4, -0.2) is 37.3 Å². The first kappa shape index (κ1) is 30.1. The molecule has 0 spiro atoms. The number of phosphoric ester groups is 1. The lowest BCUT2D eigenvalue weighted by Crippen LogP contribution is -2.08. The zero-order valence-corrected chi connectivity index (χ0v) is 24.2. The summed E-state index contributed by atoms with van der Waals surface area (Å²) < 4.78 is 31.3. The molecule has 38 heavy (non-hydrogen) atoms. The number of hydrogen-bond acceptors (Lipinski definition) is 7. The zero-order valence-electron chi connectivity index (χ0n) is 21.0. The highest BCUT2D eigenvalue weighted by atomic mass is 35.5. The second-order valence-electron chi connectivity index (χ2n) is 8.20. The number of benzene rings is 3. The van der Waals surface area contributed by atoms with Crippen molar-refractivity contribution in [2.45, 2.75) is 19.3 Å². The molecule has 0 saturated heterocycles. The topological polar surface area (TPSA) is 80.9 Å². The van der Waals surface area contributed by atoms with Crippen LogP contribution >= 0.6 is 42.6 Å². The van der Waals surface area contributed by atoms with E-state index in [-0.39, 0.29) is 0 Å². The summed E-state index contributed by atoms with van der Waals surface area (Å²) in [4.78, 5) is 0. The Bertz CT molecular complexity index is 978. The fourth-order valence-electron chi connectivity index (χ4n) is 3.24. The molecule has 3 aromatic rings. The maximum Gasteiger partial charge on any atom is 0.647 e. The summed E-state index contributed by atoms with van der Waals surface area (Å²) in [6, 6.07) is 21.2. The van der Waals surface area contributed by atoms with Crippen LogP contribution in [0.15, 0.2) is 72.8 Å². The second kappa shape index (κ2) is 16.5. The smallest absolute Gasteiger partial charge is 0.386 e. The molecule has 7 nitrogen and oxygen atoms in total. The quantitative estimate of drug-likeness (QED) is 0.0768. The van der Waals surface area contributed by atoms with E-state index in [4.69, 9.17) is 48.4 Å². The van der Waals surface area contributed by atoms with Crippen LogP contribution < -0.4 is 29.5 Å². The maximum atomic E-state index is 13.9. The molecule has 0 aliphatic rings. The molecule has 0 aliphatic heterocycles. The van der Waals surface area contributed by atoms with Crippen molar-refractivity contribution in [3.8, 4) is 17.2 Å². The molecule has 0 fully saturated rings. The highest BCUT2D eigenvalue weighted by Gasteiger charge is 2.33. The van der Waals surface area contributed by atoms with Gasteiger partial charge in [-0.15, -0.1) is 34.8 Å². The predicted molar refractivity (Wildman–Crippen MR) is 160 cm³/mol. The van der Waals surface area contributed by atoms with Crippen LogP contribution in [0, 0.1) is 0 Å². The van der Waals surface area contributed by atoms with Crippen LogP contribution in [-0.2, 0) is 4.57 Å². The maximum absolute atomic E-state index is 13.9. The van der Waals surface area contributed by atoms with Gasteiger partial charge in [0.25, 0.3) is 0 Å². The van der Waals surface area contributed by atoms with Crippen molar-refractivity contribution in [2.75, 3.05) is 53.2 Å². The molecule has 0 heterocycles. The fraction of sp³-hybridized carbons (Fsp3) is 0.333. The minimum Gasteiger partial charge on any atom is -0.386 e. The minimum absolute atomic E-state index is 0.343. The molecule has 0 aromatic heterocycles. The van der Waals surface area contributed by atoms with Gasteiger partial charge in [0, 0.05) is 54.3 Å². The van der Waals surface area contributed by atoms with E-state index < -0.39 is 7.82 Å². The minimum atomic E-state index is -4.12. The average Bonchev–Trinajstić information content (AvgIpc) is 2.92. The van der Waals surface area contributed by atoms with Gasteiger partial charge in [-0.1, -0.05) is 0 Å². The van der Waals surface area contributed by atoms with Crippen molar-refractivity contribution in [1.29, 1.82) is 0 Å². The van der Waals surface area contributed by atoms with E-state index in [9.17, 15) is 4.57 Å². The van der Waals surface area contributed by atoms with E-state index in [0.717, 1.165) is 56.0 Å². The molecule has 0 aliphatic carbocycles. The molecule has 0 amide bonds. The van der Waals surface area contributed by atoms with E-state index in [1.807, 2.05) is 36.4 Å². The van der Waals surface area contributed by atoms with E-state index in [1.165, 1.54) is 0 Å². The lowest BCUT2D eigenvalue weighted by Gasteiger charge is -2.20. The molecule has 0 unspecified atom stereocenters. The molecule has 0 saturated carbocycles. The number of nitrogens with one attached hydrogen (secondary N) is 3. The van der Waals surface area contributed by atoms with Crippen LogP contribution in [0.1, 0.15) is 19.3 Å². The van der Waals surface area contributed by atoms with Crippen LogP contribution in [0.5, 0.6) is 17.2 Å². The predicted octanol–water partition coefficient (Wildman–Crippen LogP) is 8.45. The zero-order chi connectivity index (χ0) is 27.1. The first-order valence-corrected chi connectivity index (χ1v) is 15.5. The third-order valence-electron chi connectivity index (χ3n) is 5.13. The number of rotatable bonds is 18. The van der Waals surface area contributed by atoms with Crippen molar-refractivity contribution < 1.29 is 18.1 Å². The first-order valence-electron chi connectivity index (χ1n) is 12.4. The SMILES string of the molecule is O=P(Oc1ccc(NCCCCl)cc1)(Oc1ccc(NCCCCl)cc1)Oc1ccc(NCCCCl)cc1. The Morgan fingerprint density at radius 3 is 1.00 bits per heavy atom. The van der Waals surface area contributed by atoms with Crippen molar-refractivity contribution in [3.05, 3.63) is 72.8 Å². The summed E-state index contributed by atoms with van der Waals surface area (Å²) in [7, 11) is -4.12. The molecular formula is C27H33Cl3N3O4P. The molecule has 3 rings (SSSR count). The van der Waals surface area contributed by atoms with Gasteiger partial charge in [0.1, 0.15) is 17.2 Å². The first-order chi connectivity index (χ1) is 18.5. The van der Waals surface area contributed by atoms with Crippen molar-refractivity contribution in [1.82, 2.24) is 0 Å². The highest BCUT2D eigenvalue weighted by Crippen LogP contribution is 2.50. The number of hydrogen-bond donors (Lipinski definition) is 3. The van der Waals surface area contributed by atoms with Gasteiger partial charge in [-0.25, -0.2) is 0 Å². The van der Waals surface area contributed by atoms with Crippen LogP contribution in [0.25, 0.3) is 0 Å². The summed E-state index contributed by atoms with van der Waals surface area (Å²) in [5, 5.41) is 9.79. The summed E-state index contributed by atoms with van der Waals surface area (Å²) >= 11 is 17.2. The second-order valence-corrected chi connectivity index (χ2v) is 10.8. The Balaban J connectivity index is 1.73. The Labute approximate surface area is 239 Å². The third-order valence-corrected chi connectivity index (χ3v) is 7.24. The Kier molecular flexibility index (Phi) is 13.1. The molecule has 11 heteroatoms. The van der Waals surface area contributed by atoms with Gasteiger partial charge >= 0.3 is 7.82 Å². The van der Waals surface area contributed by atoms with E-state index >= 15 is 0 Å². The summed E-state index contributed by atoms with van der Waals surface area (Å²) in [5.74, 6) is 2.78. The van der Waals surface area contributed by atoms with E-state index in [1.54, 1.807) is 36.4 Å². The van der Waals surface area contributed by atoms with Crippen molar-refractivity contribution >= 4 is 59.7 Å². The lowest BCUT2D eigenvalue weighted by molar-refractivity contribution is 0.298. The Hall–Kier alpha value is -2.44. The summed E-state index contributed by atoms with van der Waals surface area (Å²) in [6.45, 7) is 2.26. The van der Waals surface area contributed by atoms with Gasteiger partial charge in [0.2, 0.25) is 0 Å². The number of halogens is 3. The molecule has 0 atom stereocenters. The normalized spacial score (nSPS) is 11.0. The average molecular weight is 601 g/mol. The molecule has 206 valence electrons. The Morgan fingerprint density at radius 2 is 0.763 bits per heavy atom. The van der Waals surface area contributed by atoms with E-state index in [2.05, 4.69) is 16.0 Å². The molecular weight excluding hydrogens is 568 g/mol. The van der Waals surface area contributed by atoms with Gasteiger partial charge in [0.15, 0.2) is 0 Å². The third kappa shape index (κ3) is 10.7. The molecule has 0 radical (unpaired) electrons. The Morgan fingerprint density at radius 1 is 0.500 bits per heavy atom. The number of phosphoric acid groups is 1. The standard InChI is InChI=1S/C27H33Cl3N3O4P/c28-16-1-19-31-22-4-10-25(11-5-22)35-38(34,36-26-12-6-23(7-13-26)32-20-2-17-29)37-27-14-8-24(9-15-27)33-21-3-18-30/h4-15,31-33H,1-3,16-21H2.